The van der Waals surface area contributed by atoms with Crippen LogP contribution in [0.4, 0.5) is 0 Å². The highest BCUT2D eigenvalue weighted by Gasteiger charge is 2.15. The Kier molecular flexibility index (Phi) is 4.56. The van der Waals surface area contributed by atoms with Gasteiger partial charge in [0.1, 0.15) is 12.3 Å². The summed E-state index contributed by atoms with van der Waals surface area (Å²) in [6, 6.07) is 1.93. The van der Waals surface area contributed by atoms with E-state index in [1.165, 1.54) is 0 Å². The van der Waals surface area contributed by atoms with Crippen LogP contribution in [-0.2, 0) is 13.6 Å². The first-order valence-electron chi connectivity index (χ1n) is 6.00. The fourth-order valence-electron chi connectivity index (χ4n) is 1.70. The van der Waals surface area contributed by atoms with Gasteiger partial charge in [0.05, 0.1) is 12.9 Å². The van der Waals surface area contributed by atoms with Crippen molar-refractivity contribution < 1.29 is 9.90 Å². The Balaban J connectivity index is 2.02. The lowest BCUT2D eigenvalue weighted by molar-refractivity contribution is 0.0781. The first-order valence-corrected chi connectivity index (χ1v) is 6.88. The second-order valence-electron chi connectivity index (χ2n) is 4.35. The molecule has 2 aromatic heterocycles. The lowest BCUT2D eigenvalue weighted by atomic mass is 10.3. The van der Waals surface area contributed by atoms with Crippen LogP contribution in [0, 0.1) is 11.8 Å². The quantitative estimate of drug-likeness (QED) is 0.861. The minimum Gasteiger partial charge on any atom is -0.384 e. The topological polar surface area (TPSA) is 58.4 Å². The van der Waals surface area contributed by atoms with E-state index in [9.17, 15) is 4.79 Å². The zero-order valence-electron chi connectivity index (χ0n) is 11.3. The number of rotatable bonds is 3. The van der Waals surface area contributed by atoms with Crippen LogP contribution >= 0.6 is 11.3 Å². The number of nitrogens with zero attached hydrogens (tertiary/aromatic N) is 3. The molecule has 104 valence electrons. The van der Waals surface area contributed by atoms with Gasteiger partial charge < -0.3 is 14.6 Å². The summed E-state index contributed by atoms with van der Waals surface area (Å²) in [5.74, 6) is 5.34. The summed E-state index contributed by atoms with van der Waals surface area (Å²) >= 11 is 1.54. The van der Waals surface area contributed by atoms with E-state index in [2.05, 4.69) is 16.8 Å². The van der Waals surface area contributed by atoms with Gasteiger partial charge >= 0.3 is 0 Å². The third-order valence-electron chi connectivity index (χ3n) is 2.63. The molecule has 0 saturated heterocycles. The molecule has 0 bridgehead atoms. The Morgan fingerprint density at radius 2 is 2.40 bits per heavy atom. The molecule has 1 N–H and O–H groups in total. The summed E-state index contributed by atoms with van der Waals surface area (Å²) in [7, 11) is 3.57. The van der Waals surface area contributed by atoms with E-state index in [4.69, 9.17) is 5.11 Å². The predicted molar refractivity (Wildman–Crippen MR) is 77.3 cm³/mol. The SMILES string of the molecule is CN(Cc1cc(C#CCO)cs1)C(=O)c1cn(C)cn1. The van der Waals surface area contributed by atoms with Gasteiger partial charge in [0, 0.05) is 36.1 Å². The molecule has 5 nitrogen and oxygen atoms in total. The molecule has 0 saturated carbocycles. The highest BCUT2D eigenvalue weighted by atomic mass is 32.1. The number of amides is 1. The minimum absolute atomic E-state index is 0.109. The van der Waals surface area contributed by atoms with Crippen molar-refractivity contribution in [3.05, 3.63) is 40.1 Å². The summed E-state index contributed by atoms with van der Waals surface area (Å²) in [4.78, 5) is 18.8. The number of hydrogen-bond acceptors (Lipinski definition) is 4. The Morgan fingerprint density at radius 3 is 3.05 bits per heavy atom. The zero-order valence-corrected chi connectivity index (χ0v) is 12.1. The van der Waals surface area contributed by atoms with E-state index >= 15 is 0 Å². The average molecular weight is 289 g/mol. The van der Waals surface area contributed by atoms with E-state index in [0.717, 1.165) is 10.4 Å². The molecule has 0 unspecified atom stereocenters. The number of aliphatic hydroxyl groups excluding tert-OH is 1. The van der Waals surface area contributed by atoms with Gasteiger partial charge in [-0.25, -0.2) is 4.98 Å². The first-order chi connectivity index (χ1) is 9.60. The van der Waals surface area contributed by atoms with Crippen LogP contribution in [0.15, 0.2) is 24.0 Å². The number of aromatic nitrogens is 2. The number of hydrogen-bond donors (Lipinski definition) is 1. The smallest absolute Gasteiger partial charge is 0.274 e. The van der Waals surface area contributed by atoms with Crippen molar-refractivity contribution in [1.82, 2.24) is 14.5 Å². The maximum absolute atomic E-state index is 12.1. The van der Waals surface area contributed by atoms with Crippen LogP contribution in [0.5, 0.6) is 0 Å². The van der Waals surface area contributed by atoms with Crippen molar-refractivity contribution in [3.8, 4) is 11.8 Å². The number of thiophene rings is 1. The summed E-state index contributed by atoms with van der Waals surface area (Å²) in [6.45, 7) is 0.365. The van der Waals surface area contributed by atoms with Crippen LogP contribution in [0.3, 0.4) is 0 Å². The highest BCUT2D eigenvalue weighted by Crippen LogP contribution is 2.16. The Morgan fingerprint density at radius 1 is 1.60 bits per heavy atom. The number of aliphatic hydroxyl groups is 1. The van der Waals surface area contributed by atoms with Crippen LogP contribution in [0.25, 0.3) is 0 Å². The molecule has 0 aromatic carbocycles. The van der Waals surface area contributed by atoms with Crippen molar-refractivity contribution in [2.45, 2.75) is 6.54 Å². The van der Waals surface area contributed by atoms with Crippen molar-refractivity contribution >= 4 is 17.2 Å². The molecule has 0 spiro atoms. The fourth-order valence-corrected chi connectivity index (χ4v) is 2.56. The highest BCUT2D eigenvalue weighted by molar-refractivity contribution is 7.10. The number of imidazole rings is 1. The molecule has 6 heteroatoms. The molecule has 2 rings (SSSR count). The summed E-state index contributed by atoms with van der Waals surface area (Å²) < 4.78 is 1.74. The van der Waals surface area contributed by atoms with Gasteiger partial charge in [0.15, 0.2) is 0 Å². The van der Waals surface area contributed by atoms with E-state index in [1.807, 2.05) is 18.5 Å². The second kappa shape index (κ2) is 6.37. The maximum atomic E-state index is 12.1. The average Bonchev–Trinajstić information content (AvgIpc) is 3.04. The monoisotopic (exact) mass is 289 g/mol. The molecule has 0 radical (unpaired) electrons. The van der Waals surface area contributed by atoms with Crippen molar-refractivity contribution in [2.75, 3.05) is 13.7 Å². The largest absolute Gasteiger partial charge is 0.384 e. The number of aryl methyl sites for hydroxylation is 1. The van der Waals surface area contributed by atoms with Gasteiger partial charge in [-0.15, -0.1) is 11.3 Å². The molecular formula is C14H15N3O2S. The molecule has 0 aliphatic rings. The molecule has 0 atom stereocenters. The molecule has 2 aromatic rings. The van der Waals surface area contributed by atoms with Crippen molar-refractivity contribution in [1.29, 1.82) is 0 Å². The van der Waals surface area contributed by atoms with E-state index < -0.39 is 0 Å². The summed E-state index contributed by atoms with van der Waals surface area (Å²) in [5, 5.41) is 10.6. The standard InChI is InChI=1S/C14H15N3O2S/c1-16-8-13(15-10-16)14(19)17(2)7-12-6-11(9-20-12)4-3-5-18/h6,8-10,18H,5,7H2,1-2H3. The Bertz CT molecular complexity index is 663. The van der Waals surface area contributed by atoms with Gasteiger partial charge in [0.2, 0.25) is 0 Å². The molecule has 0 fully saturated rings. The zero-order chi connectivity index (χ0) is 14.5. The second-order valence-corrected chi connectivity index (χ2v) is 5.34. The van der Waals surface area contributed by atoms with Gasteiger partial charge in [0.25, 0.3) is 5.91 Å². The van der Waals surface area contributed by atoms with Crippen molar-refractivity contribution in [2.24, 2.45) is 7.05 Å². The van der Waals surface area contributed by atoms with E-state index in [1.54, 1.807) is 40.4 Å². The molecule has 1 amide bonds. The molecule has 0 aliphatic carbocycles. The first kappa shape index (κ1) is 14.3. The lowest BCUT2D eigenvalue weighted by Crippen LogP contribution is -2.26. The van der Waals surface area contributed by atoms with Gasteiger partial charge in [-0.2, -0.15) is 0 Å². The predicted octanol–water partition coefficient (Wildman–Crippen LogP) is 1.10. The molecule has 20 heavy (non-hydrogen) atoms. The fraction of sp³-hybridized carbons (Fsp3) is 0.286. The van der Waals surface area contributed by atoms with Gasteiger partial charge in [-0.05, 0) is 6.07 Å². The van der Waals surface area contributed by atoms with Crippen LogP contribution in [0.2, 0.25) is 0 Å². The summed E-state index contributed by atoms with van der Waals surface area (Å²) in [6.07, 6.45) is 3.31. The molecule has 0 aliphatic heterocycles. The lowest BCUT2D eigenvalue weighted by Gasteiger charge is -2.14. The van der Waals surface area contributed by atoms with Gasteiger partial charge in [-0.1, -0.05) is 11.8 Å². The number of carbonyl (C=O) groups is 1. The third-order valence-corrected chi connectivity index (χ3v) is 3.55. The number of carbonyl (C=O) groups excluding carboxylic acids is 1. The van der Waals surface area contributed by atoms with Crippen LogP contribution in [-0.4, -0.2) is 39.1 Å². The Hall–Kier alpha value is -2.10. The van der Waals surface area contributed by atoms with E-state index in [-0.39, 0.29) is 12.5 Å². The molecule has 2 heterocycles. The van der Waals surface area contributed by atoms with Crippen LogP contribution in [0.1, 0.15) is 20.9 Å². The summed E-state index contributed by atoms with van der Waals surface area (Å²) in [5.41, 5.74) is 1.30. The maximum Gasteiger partial charge on any atom is 0.274 e. The van der Waals surface area contributed by atoms with Crippen molar-refractivity contribution in [3.63, 3.8) is 0 Å². The normalized spacial score (nSPS) is 9.95. The van der Waals surface area contributed by atoms with Gasteiger partial charge in [-0.3, -0.25) is 4.79 Å². The minimum atomic E-state index is -0.150. The third kappa shape index (κ3) is 3.47. The molecular weight excluding hydrogens is 274 g/mol. The Labute approximate surface area is 121 Å². The van der Waals surface area contributed by atoms with E-state index in [0.29, 0.717) is 12.2 Å². The van der Waals surface area contributed by atoms with Crippen LogP contribution < -0.4 is 0 Å².